The predicted octanol–water partition coefficient (Wildman–Crippen LogP) is 11.3. The second kappa shape index (κ2) is 10.8. The van der Waals surface area contributed by atoms with Crippen molar-refractivity contribution in [1.29, 1.82) is 0 Å². The van der Waals surface area contributed by atoms with E-state index in [2.05, 4.69) is 144 Å². The van der Waals surface area contributed by atoms with Gasteiger partial charge in [0.05, 0.1) is 16.7 Å². The number of furan rings is 1. The first-order valence-corrected chi connectivity index (χ1v) is 18.0. The van der Waals surface area contributed by atoms with Gasteiger partial charge in [-0.15, -0.1) is 0 Å². The van der Waals surface area contributed by atoms with E-state index in [0.717, 1.165) is 100 Å². The van der Waals surface area contributed by atoms with Crippen molar-refractivity contribution in [3.8, 4) is 56.3 Å². The minimum Gasteiger partial charge on any atom is -0.551 e. The standard InChI is InChI=1S/C48H28BNO3/c1-5-18-40-34(13-1)35-14-2-6-19-41(35)50(40)32-27-38-36-24-23-30(26-45(36)53-49-39-17-4-8-21-43(39)52-46(28-32)48(38)49)29-11-9-12-31(25-29)33-16-10-22-44-47(33)37-15-3-7-20-42(37)51-44/h1-28H. The molecular formula is C48H28BNO3. The molecule has 0 N–H and O–H groups in total. The van der Waals surface area contributed by atoms with Crippen LogP contribution in [-0.2, 0) is 0 Å². The van der Waals surface area contributed by atoms with Crippen molar-refractivity contribution in [2.24, 2.45) is 0 Å². The highest BCUT2D eigenvalue weighted by Gasteiger charge is 2.41. The molecule has 0 atom stereocenters. The van der Waals surface area contributed by atoms with Crippen LogP contribution in [0.4, 0.5) is 0 Å². The lowest BCUT2D eigenvalue weighted by atomic mass is 9.51. The van der Waals surface area contributed by atoms with Crippen molar-refractivity contribution in [2.45, 2.75) is 0 Å². The molecule has 2 aliphatic heterocycles. The zero-order valence-electron chi connectivity index (χ0n) is 28.4. The van der Waals surface area contributed by atoms with Gasteiger partial charge in [-0.1, -0.05) is 115 Å². The number of benzene rings is 8. The molecule has 0 unspecified atom stereocenters. The number of ether oxygens (including phenoxy) is 1. The van der Waals surface area contributed by atoms with Crippen LogP contribution < -0.4 is 20.3 Å². The van der Waals surface area contributed by atoms with Crippen LogP contribution in [0.5, 0.6) is 17.2 Å². The van der Waals surface area contributed by atoms with Crippen molar-refractivity contribution in [1.82, 2.24) is 4.57 Å². The molecule has 0 saturated carbocycles. The van der Waals surface area contributed by atoms with Crippen molar-refractivity contribution in [2.75, 3.05) is 0 Å². The van der Waals surface area contributed by atoms with E-state index < -0.39 is 0 Å². The zero-order chi connectivity index (χ0) is 34.6. The summed E-state index contributed by atoms with van der Waals surface area (Å²) in [5.41, 5.74) is 14.0. The third-order valence-electron chi connectivity index (χ3n) is 11.1. The van der Waals surface area contributed by atoms with E-state index in [0.29, 0.717) is 0 Å². The summed E-state index contributed by atoms with van der Waals surface area (Å²) >= 11 is 0. The molecule has 4 heterocycles. The van der Waals surface area contributed by atoms with Crippen LogP contribution in [0.15, 0.2) is 174 Å². The Hall–Kier alpha value is -6.98. The lowest BCUT2D eigenvalue weighted by Crippen LogP contribution is -2.53. The van der Waals surface area contributed by atoms with Crippen LogP contribution in [0.25, 0.3) is 82.8 Å². The number of hydrogen-bond acceptors (Lipinski definition) is 3. The molecule has 0 radical (unpaired) electrons. The molecule has 0 aliphatic carbocycles. The first-order chi connectivity index (χ1) is 26.3. The normalized spacial score (nSPS) is 12.8. The summed E-state index contributed by atoms with van der Waals surface area (Å²) in [6.07, 6.45) is 0. The van der Waals surface area contributed by atoms with E-state index in [9.17, 15) is 0 Å². The zero-order valence-corrected chi connectivity index (χ0v) is 28.4. The molecule has 2 aromatic heterocycles. The molecule has 12 rings (SSSR count). The van der Waals surface area contributed by atoms with E-state index >= 15 is 0 Å². The lowest BCUT2D eigenvalue weighted by molar-refractivity contribution is 0.479. The number of aromatic nitrogens is 1. The highest BCUT2D eigenvalue weighted by Crippen LogP contribution is 2.44. The number of rotatable bonds is 3. The number of fused-ring (bicyclic) bond motifs is 10. The van der Waals surface area contributed by atoms with Gasteiger partial charge in [0.2, 0.25) is 0 Å². The summed E-state index contributed by atoms with van der Waals surface area (Å²) in [7, 11) is 0. The second-order valence-electron chi connectivity index (χ2n) is 14.0. The summed E-state index contributed by atoms with van der Waals surface area (Å²) < 4.78 is 22.3. The average molecular weight is 678 g/mol. The summed E-state index contributed by atoms with van der Waals surface area (Å²) in [4.78, 5) is 0. The van der Waals surface area contributed by atoms with Crippen molar-refractivity contribution in [3.63, 3.8) is 0 Å². The Balaban J connectivity index is 1.04. The average Bonchev–Trinajstić information content (AvgIpc) is 3.77. The lowest BCUT2D eigenvalue weighted by Gasteiger charge is -2.33. The third-order valence-corrected chi connectivity index (χ3v) is 11.1. The van der Waals surface area contributed by atoms with Gasteiger partial charge in [0.1, 0.15) is 28.4 Å². The Labute approximate surface area is 305 Å². The quantitative estimate of drug-likeness (QED) is 0.175. The smallest absolute Gasteiger partial charge is 0.434 e. The summed E-state index contributed by atoms with van der Waals surface area (Å²) in [6, 6.07) is 60.0. The molecule has 0 bridgehead atoms. The number of para-hydroxylation sites is 4. The van der Waals surface area contributed by atoms with Crippen molar-refractivity contribution < 1.29 is 13.8 Å². The summed E-state index contributed by atoms with van der Waals surface area (Å²) in [5.74, 6) is 2.50. The molecule has 10 aromatic rings. The maximum Gasteiger partial charge on any atom is 0.434 e. The maximum absolute atomic E-state index is 7.01. The molecular weight excluding hydrogens is 649 g/mol. The molecule has 53 heavy (non-hydrogen) atoms. The molecule has 0 amide bonds. The van der Waals surface area contributed by atoms with E-state index in [1.807, 2.05) is 30.3 Å². The molecule has 0 fully saturated rings. The Morgan fingerprint density at radius 3 is 2.00 bits per heavy atom. The van der Waals surface area contributed by atoms with Gasteiger partial charge in [0, 0.05) is 44.1 Å². The monoisotopic (exact) mass is 677 g/mol. The summed E-state index contributed by atoms with van der Waals surface area (Å²) in [5, 5.41) is 4.72. The molecule has 8 aromatic carbocycles. The SMILES string of the molecule is c1cc(-c2ccc3c(c2)OB2c4ccccc4Oc4cc(-n5c6ccccc6c6ccccc65)cc-3c42)cc(-c2cccc3oc4ccccc4c23)c1. The van der Waals surface area contributed by atoms with Crippen LogP contribution in [-0.4, -0.2) is 11.5 Å². The van der Waals surface area contributed by atoms with Crippen LogP contribution in [0.3, 0.4) is 0 Å². The van der Waals surface area contributed by atoms with Gasteiger partial charge in [-0.05, 0) is 76.3 Å². The molecule has 5 heteroatoms. The van der Waals surface area contributed by atoms with Crippen LogP contribution in [0.1, 0.15) is 0 Å². The van der Waals surface area contributed by atoms with Gasteiger partial charge in [0.15, 0.2) is 0 Å². The van der Waals surface area contributed by atoms with Crippen molar-refractivity contribution >= 4 is 61.6 Å². The van der Waals surface area contributed by atoms with E-state index in [4.69, 9.17) is 13.8 Å². The fourth-order valence-electron chi connectivity index (χ4n) is 8.74. The molecule has 246 valence electrons. The van der Waals surface area contributed by atoms with Crippen LogP contribution in [0, 0.1) is 0 Å². The number of hydrogen-bond donors (Lipinski definition) is 0. The van der Waals surface area contributed by atoms with Gasteiger partial charge < -0.3 is 18.4 Å². The van der Waals surface area contributed by atoms with Crippen molar-refractivity contribution in [3.05, 3.63) is 170 Å². The van der Waals surface area contributed by atoms with Gasteiger partial charge >= 0.3 is 6.92 Å². The second-order valence-corrected chi connectivity index (χ2v) is 14.0. The van der Waals surface area contributed by atoms with Crippen LogP contribution in [0.2, 0.25) is 0 Å². The summed E-state index contributed by atoms with van der Waals surface area (Å²) in [6.45, 7) is -0.293. The molecule has 0 saturated heterocycles. The Morgan fingerprint density at radius 2 is 1.13 bits per heavy atom. The molecule has 4 nitrogen and oxygen atoms in total. The molecule has 0 spiro atoms. The Kier molecular flexibility index (Phi) is 5.83. The minimum atomic E-state index is -0.293. The van der Waals surface area contributed by atoms with E-state index in [-0.39, 0.29) is 6.92 Å². The third kappa shape index (κ3) is 4.13. The molecule has 2 aliphatic rings. The maximum atomic E-state index is 7.01. The Bertz CT molecular complexity index is 3100. The van der Waals surface area contributed by atoms with E-state index in [1.54, 1.807) is 0 Å². The highest BCUT2D eigenvalue weighted by molar-refractivity contribution is 6.84. The highest BCUT2D eigenvalue weighted by atomic mass is 16.5. The first-order valence-electron chi connectivity index (χ1n) is 18.0. The van der Waals surface area contributed by atoms with Crippen LogP contribution >= 0.6 is 0 Å². The largest absolute Gasteiger partial charge is 0.551 e. The first kappa shape index (κ1) is 28.7. The van der Waals surface area contributed by atoms with E-state index in [1.165, 1.54) is 10.8 Å². The fourth-order valence-corrected chi connectivity index (χ4v) is 8.74. The fraction of sp³-hybridized carbons (Fsp3) is 0. The van der Waals surface area contributed by atoms with Gasteiger partial charge in [0.25, 0.3) is 0 Å². The van der Waals surface area contributed by atoms with Gasteiger partial charge in [-0.25, -0.2) is 0 Å². The van der Waals surface area contributed by atoms with Gasteiger partial charge in [-0.3, -0.25) is 0 Å². The number of nitrogens with zero attached hydrogens (tertiary/aromatic N) is 1. The topological polar surface area (TPSA) is 36.5 Å². The Morgan fingerprint density at radius 1 is 0.434 bits per heavy atom. The minimum absolute atomic E-state index is 0.293. The van der Waals surface area contributed by atoms with Gasteiger partial charge in [-0.2, -0.15) is 0 Å². The predicted molar refractivity (Wildman–Crippen MR) is 217 cm³/mol.